The van der Waals surface area contributed by atoms with Crippen LogP contribution in [-0.2, 0) is 41.9 Å². The van der Waals surface area contributed by atoms with Crippen molar-refractivity contribution in [2.24, 2.45) is 0 Å². The van der Waals surface area contributed by atoms with Crippen molar-refractivity contribution in [3.63, 3.8) is 0 Å². The second-order valence-electron chi connectivity index (χ2n) is 29.4. The Bertz CT molecular complexity index is 5330. The lowest BCUT2D eigenvalue weighted by Gasteiger charge is -2.32. The molecule has 0 amide bonds. The normalized spacial score (nSPS) is 14.1. The van der Waals surface area contributed by atoms with Crippen LogP contribution in [0.2, 0.25) is 0 Å². The van der Waals surface area contributed by atoms with E-state index >= 15 is 0 Å². The number of aromatic nitrogens is 2. The van der Waals surface area contributed by atoms with Crippen molar-refractivity contribution in [1.82, 2.24) is 8.80 Å². The quantitative estimate of drug-likeness (QED) is 0.151. The Labute approximate surface area is 529 Å². The lowest BCUT2D eigenvalue weighted by molar-refractivity contribution is 0.590. The summed E-state index contributed by atoms with van der Waals surface area (Å²) in [6, 6.07) is 82.6. The number of fused-ring (bicyclic) bond motifs is 14. The Kier molecular flexibility index (Phi) is 12.2. The number of benzene rings is 11. The molecule has 90 heavy (non-hydrogen) atoms. The number of rotatable bonds is 8. The highest BCUT2D eigenvalue weighted by molar-refractivity contribution is 6.32. The van der Waals surface area contributed by atoms with Crippen molar-refractivity contribution >= 4 is 110 Å². The van der Waals surface area contributed by atoms with Gasteiger partial charge in [0.15, 0.2) is 0 Å². The van der Waals surface area contributed by atoms with E-state index in [1.54, 1.807) is 0 Å². The van der Waals surface area contributed by atoms with E-state index in [9.17, 15) is 0 Å². The maximum atomic E-state index is 2.64. The van der Waals surface area contributed by atoms with E-state index in [0.717, 1.165) is 37.1 Å². The molecule has 0 spiro atoms. The Morgan fingerprint density at radius 2 is 0.678 bits per heavy atom. The van der Waals surface area contributed by atoms with Crippen LogP contribution in [0.3, 0.4) is 0 Å². The number of para-hydroxylation sites is 1. The molecule has 0 atom stereocenters. The monoisotopic (exact) mass is 1170 g/mol. The zero-order valence-corrected chi connectivity index (χ0v) is 53.7. The van der Waals surface area contributed by atoms with Crippen LogP contribution >= 0.6 is 0 Å². The van der Waals surface area contributed by atoms with Gasteiger partial charge in [-0.15, -0.1) is 0 Å². The zero-order valence-electron chi connectivity index (χ0n) is 53.7. The molecule has 0 fully saturated rings. The van der Waals surface area contributed by atoms with E-state index in [-0.39, 0.29) is 16.2 Å². The molecule has 0 unspecified atom stereocenters. The SMILES string of the molecule is CC(C)(C)c1ccc(N(c2ccc3c(c2-c2ccccc2)CCCC3)c2ccc3c4cc5c(cc4n4c6ccc(C(C)(C)C)cc6c2c34)c2ccc(N(c3ccccc3)c3ccc4c(c3-c3ccccc3)CCCC4)c3c4cc(C(C)(C)C)ccc4n5c23)cc1. The Hall–Kier alpha value is -9.38. The molecule has 0 aliphatic heterocycles. The lowest BCUT2D eigenvalue weighted by Crippen LogP contribution is -2.16. The Morgan fingerprint density at radius 1 is 0.300 bits per heavy atom. The molecule has 0 radical (unpaired) electrons. The van der Waals surface area contributed by atoms with Crippen LogP contribution in [-0.4, -0.2) is 8.80 Å². The minimum atomic E-state index is -0.0643. The number of anilines is 6. The molecule has 0 saturated carbocycles. The fourth-order valence-electron chi connectivity index (χ4n) is 16.2. The van der Waals surface area contributed by atoms with Gasteiger partial charge in [-0.25, -0.2) is 0 Å². The standard InChI is InChI=1S/C86H78N4/c1-84(2,3)57-35-39-61(40-36-57)88(73-44-34-54-24-20-22-32-63(54)79(73)56-27-15-11-16-28-56)75-48-42-65-67-52-76-66(51-77(67)90-71-46-38-59(86(7,8)9)50-69(71)81(75)83(65)90)64-41-47-74(80-68-49-58(85(4,5)6)37-45-70(68)89(76)82(64)80)87(60-29-17-12-18-30-60)72-43-33-53-23-19-21-31-62(53)78(72)55-25-13-10-14-26-55/h10-18,25-30,33-52H,19-24,31-32H2,1-9H3. The molecule has 11 aromatic carbocycles. The van der Waals surface area contributed by atoms with Crippen LogP contribution in [0.25, 0.3) is 98.4 Å². The van der Waals surface area contributed by atoms with Crippen LogP contribution in [0.5, 0.6) is 0 Å². The van der Waals surface area contributed by atoms with Gasteiger partial charge in [0.25, 0.3) is 0 Å². The van der Waals surface area contributed by atoms with Crippen molar-refractivity contribution in [3.8, 4) is 22.3 Å². The topological polar surface area (TPSA) is 15.3 Å². The number of hydrogen-bond acceptors (Lipinski definition) is 2. The highest BCUT2D eigenvalue weighted by Gasteiger charge is 2.33. The molecule has 0 bridgehead atoms. The molecular formula is C86H78N4. The predicted octanol–water partition coefficient (Wildman–Crippen LogP) is 23.9. The molecule has 0 N–H and O–H groups in total. The van der Waals surface area contributed by atoms with Gasteiger partial charge in [-0.1, -0.05) is 190 Å². The van der Waals surface area contributed by atoms with Gasteiger partial charge in [-0.3, -0.25) is 0 Å². The largest absolute Gasteiger partial charge is 0.309 e. The lowest BCUT2D eigenvalue weighted by atomic mass is 9.84. The maximum absolute atomic E-state index is 2.64. The van der Waals surface area contributed by atoms with E-state index in [0.29, 0.717) is 0 Å². The molecular weight excluding hydrogens is 1090 g/mol. The van der Waals surface area contributed by atoms with Crippen molar-refractivity contribution < 1.29 is 0 Å². The summed E-state index contributed by atoms with van der Waals surface area (Å²) in [5, 5.41) is 10.2. The maximum Gasteiger partial charge on any atom is 0.0641 e. The molecule has 4 heterocycles. The summed E-state index contributed by atoms with van der Waals surface area (Å²) in [6.45, 7) is 21.1. The van der Waals surface area contributed by atoms with Gasteiger partial charge in [-0.05, 0) is 203 Å². The summed E-state index contributed by atoms with van der Waals surface area (Å²) >= 11 is 0. The van der Waals surface area contributed by atoms with E-state index < -0.39 is 0 Å². The molecule has 17 rings (SSSR count). The number of hydrogen-bond donors (Lipinski definition) is 0. The van der Waals surface area contributed by atoms with Crippen LogP contribution in [0.4, 0.5) is 34.1 Å². The van der Waals surface area contributed by atoms with E-state index in [1.807, 2.05) is 0 Å². The summed E-state index contributed by atoms with van der Waals surface area (Å²) in [6.07, 6.45) is 9.26. The van der Waals surface area contributed by atoms with Gasteiger partial charge in [0, 0.05) is 65.6 Å². The van der Waals surface area contributed by atoms with E-state index in [1.165, 1.54) is 186 Å². The molecule has 15 aromatic rings. The fraction of sp³-hybridized carbons (Fsp3) is 0.233. The van der Waals surface area contributed by atoms with Gasteiger partial charge in [0.1, 0.15) is 0 Å². The van der Waals surface area contributed by atoms with Crippen LogP contribution in [0.1, 0.15) is 127 Å². The first-order valence-corrected chi connectivity index (χ1v) is 33.2. The third-order valence-electron chi connectivity index (χ3n) is 20.8. The Balaban J connectivity index is 0.970. The number of aryl methyl sites for hydroxylation is 2. The summed E-state index contributed by atoms with van der Waals surface area (Å²) in [5.74, 6) is 0. The van der Waals surface area contributed by atoms with Crippen LogP contribution < -0.4 is 9.80 Å². The molecule has 2 aliphatic rings. The molecule has 4 heteroatoms. The highest BCUT2D eigenvalue weighted by Crippen LogP contribution is 2.55. The van der Waals surface area contributed by atoms with Crippen molar-refractivity contribution in [3.05, 3.63) is 251 Å². The van der Waals surface area contributed by atoms with Crippen LogP contribution in [0.15, 0.2) is 212 Å². The van der Waals surface area contributed by atoms with Gasteiger partial charge in [0.05, 0.1) is 55.8 Å². The molecule has 0 saturated heterocycles. The smallest absolute Gasteiger partial charge is 0.0641 e. The second-order valence-corrected chi connectivity index (χ2v) is 29.4. The first-order chi connectivity index (χ1) is 43.6. The predicted molar refractivity (Wildman–Crippen MR) is 385 cm³/mol. The molecule has 4 nitrogen and oxygen atoms in total. The van der Waals surface area contributed by atoms with Crippen molar-refractivity contribution in [1.29, 1.82) is 0 Å². The average molecular weight is 1170 g/mol. The minimum Gasteiger partial charge on any atom is -0.309 e. The van der Waals surface area contributed by atoms with Gasteiger partial charge in [0.2, 0.25) is 0 Å². The molecule has 2 aliphatic carbocycles. The van der Waals surface area contributed by atoms with Crippen LogP contribution in [0, 0.1) is 0 Å². The Morgan fingerprint density at radius 3 is 1.10 bits per heavy atom. The third kappa shape index (κ3) is 8.32. The fourth-order valence-corrected chi connectivity index (χ4v) is 16.2. The summed E-state index contributed by atoms with van der Waals surface area (Å²) in [4.78, 5) is 5.23. The number of nitrogens with zero attached hydrogens (tertiary/aromatic N) is 4. The zero-order chi connectivity index (χ0) is 61.1. The van der Waals surface area contributed by atoms with Gasteiger partial charge in [-0.2, -0.15) is 0 Å². The average Bonchev–Trinajstić information content (AvgIpc) is 1.54. The van der Waals surface area contributed by atoms with Crippen molar-refractivity contribution in [2.75, 3.05) is 9.80 Å². The summed E-state index contributed by atoms with van der Waals surface area (Å²) in [7, 11) is 0. The van der Waals surface area contributed by atoms with E-state index in [4.69, 9.17) is 0 Å². The first kappa shape index (κ1) is 54.7. The first-order valence-electron chi connectivity index (χ1n) is 33.2. The summed E-state index contributed by atoms with van der Waals surface area (Å²) < 4.78 is 5.28. The molecule has 4 aromatic heterocycles. The minimum absolute atomic E-state index is 0.00851. The van der Waals surface area contributed by atoms with Gasteiger partial charge >= 0.3 is 0 Å². The summed E-state index contributed by atoms with van der Waals surface area (Å²) in [5.41, 5.74) is 29.7. The molecule has 442 valence electrons. The highest BCUT2D eigenvalue weighted by atomic mass is 15.2. The third-order valence-corrected chi connectivity index (χ3v) is 20.8. The van der Waals surface area contributed by atoms with Crippen molar-refractivity contribution in [2.45, 2.75) is 130 Å². The second kappa shape index (κ2) is 20.1. The van der Waals surface area contributed by atoms with Gasteiger partial charge < -0.3 is 18.6 Å². The van der Waals surface area contributed by atoms with E-state index in [2.05, 4.69) is 293 Å².